The van der Waals surface area contributed by atoms with E-state index >= 15 is 0 Å². The molecular formula is C18H17Cl2NO3. The fourth-order valence-electron chi connectivity index (χ4n) is 2.22. The molecule has 0 saturated heterocycles. The van der Waals surface area contributed by atoms with Gasteiger partial charge in [-0.1, -0.05) is 48.3 Å². The average Bonchev–Trinajstić information content (AvgIpc) is 2.57. The summed E-state index contributed by atoms with van der Waals surface area (Å²) in [7, 11) is 0. The van der Waals surface area contributed by atoms with Crippen LogP contribution in [0.25, 0.3) is 0 Å². The Kier molecular flexibility index (Phi) is 6.23. The van der Waals surface area contributed by atoms with E-state index in [0.29, 0.717) is 5.02 Å². The van der Waals surface area contributed by atoms with Crippen molar-refractivity contribution in [1.82, 2.24) is 0 Å². The van der Waals surface area contributed by atoms with Crippen molar-refractivity contribution in [3.05, 3.63) is 63.1 Å². The van der Waals surface area contributed by atoms with Gasteiger partial charge in [0, 0.05) is 5.69 Å². The Labute approximate surface area is 150 Å². The van der Waals surface area contributed by atoms with E-state index in [4.69, 9.17) is 27.9 Å². The summed E-state index contributed by atoms with van der Waals surface area (Å²) in [5.74, 6) is -1.03. The fraction of sp³-hybridized carbons (Fsp3) is 0.222. The maximum atomic E-state index is 12.1. The van der Waals surface area contributed by atoms with Crippen LogP contribution in [-0.4, -0.2) is 18.5 Å². The minimum Gasteiger partial charge on any atom is -0.452 e. The van der Waals surface area contributed by atoms with Gasteiger partial charge in [0.1, 0.15) is 0 Å². The molecule has 0 aliphatic rings. The van der Waals surface area contributed by atoms with E-state index in [1.807, 2.05) is 32.0 Å². The zero-order chi connectivity index (χ0) is 17.7. The first-order valence-corrected chi connectivity index (χ1v) is 8.18. The van der Waals surface area contributed by atoms with Crippen molar-refractivity contribution in [1.29, 1.82) is 0 Å². The highest BCUT2D eigenvalue weighted by Crippen LogP contribution is 2.23. The molecule has 24 heavy (non-hydrogen) atoms. The molecule has 4 nitrogen and oxygen atoms in total. The van der Waals surface area contributed by atoms with Crippen molar-refractivity contribution < 1.29 is 14.3 Å². The van der Waals surface area contributed by atoms with Crippen LogP contribution in [0.2, 0.25) is 10.0 Å². The van der Waals surface area contributed by atoms with Gasteiger partial charge >= 0.3 is 5.97 Å². The number of amides is 1. The molecule has 0 bridgehead atoms. The van der Waals surface area contributed by atoms with E-state index < -0.39 is 11.9 Å². The second-order valence-corrected chi connectivity index (χ2v) is 6.03. The van der Waals surface area contributed by atoms with Gasteiger partial charge in [0.25, 0.3) is 5.91 Å². The van der Waals surface area contributed by atoms with E-state index in [2.05, 4.69) is 5.32 Å². The van der Waals surface area contributed by atoms with Crippen molar-refractivity contribution in [2.75, 3.05) is 11.9 Å². The fourth-order valence-corrected chi connectivity index (χ4v) is 2.51. The Morgan fingerprint density at radius 2 is 1.88 bits per heavy atom. The maximum Gasteiger partial charge on any atom is 0.338 e. The second kappa shape index (κ2) is 8.18. The molecule has 0 heterocycles. The maximum absolute atomic E-state index is 12.1. The molecule has 2 aromatic carbocycles. The topological polar surface area (TPSA) is 55.4 Å². The number of esters is 1. The van der Waals surface area contributed by atoms with Gasteiger partial charge in [0.05, 0.1) is 15.6 Å². The molecule has 0 fully saturated rings. The number of aryl methyl sites for hydroxylation is 2. The average molecular weight is 366 g/mol. The van der Waals surface area contributed by atoms with Gasteiger partial charge < -0.3 is 10.1 Å². The lowest BCUT2D eigenvalue weighted by atomic mass is 10.1. The molecule has 2 rings (SSSR count). The lowest BCUT2D eigenvalue weighted by Gasteiger charge is -2.13. The molecule has 1 N–H and O–H groups in total. The molecule has 6 heteroatoms. The third kappa shape index (κ3) is 4.49. The van der Waals surface area contributed by atoms with Crippen LogP contribution in [-0.2, 0) is 16.0 Å². The first-order chi connectivity index (χ1) is 11.4. The summed E-state index contributed by atoms with van der Waals surface area (Å²) in [6.07, 6.45) is 0.792. The lowest BCUT2D eigenvalue weighted by molar-refractivity contribution is -0.119. The summed E-state index contributed by atoms with van der Waals surface area (Å²) in [5, 5.41) is 3.39. The van der Waals surface area contributed by atoms with E-state index in [1.165, 1.54) is 18.2 Å². The van der Waals surface area contributed by atoms with Gasteiger partial charge in [-0.15, -0.1) is 0 Å². The summed E-state index contributed by atoms with van der Waals surface area (Å²) in [4.78, 5) is 24.0. The molecule has 0 radical (unpaired) electrons. The summed E-state index contributed by atoms with van der Waals surface area (Å²) < 4.78 is 5.02. The number of benzene rings is 2. The first-order valence-electron chi connectivity index (χ1n) is 7.43. The molecule has 0 saturated carbocycles. The number of para-hydroxylation sites is 1. The van der Waals surface area contributed by atoms with Gasteiger partial charge in [-0.2, -0.15) is 0 Å². The van der Waals surface area contributed by atoms with Crippen LogP contribution in [0.3, 0.4) is 0 Å². The summed E-state index contributed by atoms with van der Waals surface area (Å²) in [6.45, 7) is 3.54. The highest BCUT2D eigenvalue weighted by Gasteiger charge is 2.13. The molecule has 0 aliphatic carbocycles. The number of nitrogens with one attached hydrogen (secondary N) is 1. The van der Waals surface area contributed by atoms with E-state index in [9.17, 15) is 9.59 Å². The second-order valence-electron chi connectivity index (χ2n) is 5.22. The molecule has 2 aromatic rings. The van der Waals surface area contributed by atoms with Crippen molar-refractivity contribution in [3.8, 4) is 0 Å². The van der Waals surface area contributed by atoms with Gasteiger partial charge in [0.2, 0.25) is 0 Å². The van der Waals surface area contributed by atoms with Gasteiger partial charge in [-0.25, -0.2) is 4.79 Å². The highest BCUT2D eigenvalue weighted by atomic mass is 35.5. The summed E-state index contributed by atoms with van der Waals surface area (Å²) in [5.41, 5.74) is 2.98. The predicted octanol–water partition coefficient (Wildman–Crippen LogP) is 4.66. The molecule has 0 aliphatic heterocycles. The number of hydrogen-bond donors (Lipinski definition) is 1. The van der Waals surface area contributed by atoms with E-state index in [1.54, 1.807) is 0 Å². The minimum absolute atomic E-state index is 0.238. The largest absolute Gasteiger partial charge is 0.452 e. The van der Waals surface area contributed by atoms with Crippen LogP contribution in [0.4, 0.5) is 5.69 Å². The Morgan fingerprint density at radius 1 is 1.12 bits per heavy atom. The lowest BCUT2D eigenvalue weighted by Crippen LogP contribution is -2.22. The smallest absolute Gasteiger partial charge is 0.338 e. The van der Waals surface area contributed by atoms with Crippen molar-refractivity contribution >= 4 is 40.8 Å². The number of anilines is 1. The standard InChI is InChI=1S/C18H17Cl2NO3/c1-3-12-6-4-5-11(2)17(12)21-16(22)10-24-18(23)13-7-8-14(19)15(20)9-13/h4-9H,3,10H2,1-2H3,(H,21,22). The highest BCUT2D eigenvalue weighted by molar-refractivity contribution is 6.42. The quantitative estimate of drug-likeness (QED) is 0.783. The van der Waals surface area contributed by atoms with Crippen molar-refractivity contribution in [3.63, 3.8) is 0 Å². The van der Waals surface area contributed by atoms with Gasteiger partial charge in [-0.3, -0.25) is 4.79 Å². The number of hydrogen-bond acceptors (Lipinski definition) is 3. The zero-order valence-corrected chi connectivity index (χ0v) is 14.9. The number of rotatable bonds is 5. The van der Waals surface area contributed by atoms with Crippen LogP contribution < -0.4 is 5.32 Å². The van der Waals surface area contributed by atoms with Crippen LogP contribution in [0, 0.1) is 6.92 Å². The molecule has 0 aromatic heterocycles. The number of ether oxygens (including phenoxy) is 1. The van der Waals surface area contributed by atoms with Crippen LogP contribution in [0.5, 0.6) is 0 Å². The Morgan fingerprint density at radius 3 is 2.54 bits per heavy atom. The minimum atomic E-state index is -0.635. The third-order valence-electron chi connectivity index (χ3n) is 3.49. The molecule has 0 unspecified atom stereocenters. The van der Waals surface area contributed by atoms with Crippen molar-refractivity contribution in [2.45, 2.75) is 20.3 Å². The van der Waals surface area contributed by atoms with E-state index in [-0.39, 0.29) is 17.2 Å². The molecule has 0 atom stereocenters. The van der Waals surface area contributed by atoms with Gasteiger partial charge in [-0.05, 0) is 42.7 Å². The normalized spacial score (nSPS) is 10.3. The third-order valence-corrected chi connectivity index (χ3v) is 4.23. The molecule has 1 amide bonds. The van der Waals surface area contributed by atoms with Gasteiger partial charge in [0.15, 0.2) is 6.61 Å². The van der Waals surface area contributed by atoms with Crippen LogP contribution in [0.15, 0.2) is 36.4 Å². The van der Waals surface area contributed by atoms with Crippen LogP contribution in [0.1, 0.15) is 28.4 Å². The summed E-state index contributed by atoms with van der Waals surface area (Å²) >= 11 is 11.7. The number of carbonyl (C=O) groups is 2. The SMILES string of the molecule is CCc1cccc(C)c1NC(=O)COC(=O)c1ccc(Cl)c(Cl)c1. The number of halogens is 2. The number of carbonyl (C=O) groups excluding carboxylic acids is 2. The molecule has 126 valence electrons. The zero-order valence-electron chi connectivity index (χ0n) is 13.4. The molecular weight excluding hydrogens is 349 g/mol. The molecule has 0 spiro atoms. The first kappa shape index (κ1) is 18.3. The van der Waals surface area contributed by atoms with Crippen LogP contribution >= 0.6 is 23.2 Å². The Bertz CT molecular complexity index is 775. The van der Waals surface area contributed by atoms with Crippen molar-refractivity contribution in [2.24, 2.45) is 0 Å². The Balaban J connectivity index is 1.98. The van der Waals surface area contributed by atoms with E-state index in [0.717, 1.165) is 23.2 Å². The monoisotopic (exact) mass is 365 g/mol. The summed E-state index contributed by atoms with van der Waals surface area (Å²) in [6, 6.07) is 10.2. The Hall–Kier alpha value is -2.04. The predicted molar refractivity (Wildman–Crippen MR) is 95.9 cm³/mol.